The lowest BCUT2D eigenvalue weighted by atomic mass is 9.72. The fourth-order valence-electron chi connectivity index (χ4n) is 3.84. The number of rotatable bonds is 5. The summed E-state index contributed by atoms with van der Waals surface area (Å²) in [5.74, 6) is -2.29. The number of methoxy groups -OCH3 is 2. The Morgan fingerprint density at radius 3 is 2.04 bits per heavy atom. The van der Waals surface area contributed by atoms with Gasteiger partial charge in [-0.1, -0.05) is 62.4 Å². The van der Waals surface area contributed by atoms with Crippen molar-refractivity contribution in [1.82, 2.24) is 0 Å². The third kappa shape index (κ3) is 2.95. The molecule has 0 spiro atoms. The maximum Gasteiger partial charge on any atom is 0.335 e. The zero-order chi connectivity index (χ0) is 20.3. The van der Waals surface area contributed by atoms with Gasteiger partial charge in [0.05, 0.1) is 25.6 Å². The van der Waals surface area contributed by atoms with Gasteiger partial charge < -0.3 is 9.47 Å². The van der Waals surface area contributed by atoms with Crippen LogP contribution in [0.4, 0.5) is 5.69 Å². The van der Waals surface area contributed by atoms with Gasteiger partial charge in [-0.15, -0.1) is 0 Å². The summed E-state index contributed by atoms with van der Waals surface area (Å²) in [5, 5.41) is 6.39. The molecule has 6 heteroatoms. The van der Waals surface area contributed by atoms with Gasteiger partial charge in [-0.25, -0.2) is 9.80 Å². The van der Waals surface area contributed by atoms with E-state index in [1.165, 1.54) is 14.2 Å². The van der Waals surface area contributed by atoms with Gasteiger partial charge in [0.1, 0.15) is 5.92 Å². The minimum absolute atomic E-state index is 0.297. The number of para-hydroxylation sites is 1. The number of carbonyl (C=O) groups is 2. The Bertz CT molecular complexity index is 880. The molecule has 0 bridgehead atoms. The zero-order valence-corrected chi connectivity index (χ0v) is 16.5. The van der Waals surface area contributed by atoms with Crippen LogP contribution in [-0.2, 0) is 19.1 Å². The van der Waals surface area contributed by atoms with Crippen LogP contribution < -0.4 is 5.01 Å². The number of hydrazone groups is 1. The normalized spacial score (nSPS) is 21.4. The van der Waals surface area contributed by atoms with Crippen LogP contribution in [0.25, 0.3) is 0 Å². The molecule has 2 atom stereocenters. The third-order valence-electron chi connectivity index (χ3n) is 5.17. The number of esters is 2. The fraction of sp³-hybridized carbons (Fsp3) is 0.318. The van der Waals surface area contributed by atoms with Crippen molar-refractivity contribution in [2.24, 2.45) is 16.9 Å². The predicted molar refractivity (Wildman–Crippen MR) is 107 cm³/mol. The molecule has 0 aliphatic carbocycles. The monoisotopic (exact) mass is 380 g/mol. The van der Waals surface area contributed by atoms with Crippen molar-refractivity contribution < 1.29 is 19.1 Å². The lowest BCUT2D eigenvalue weighted by molar-refractivity contribution is -0.158. The number of hydrogen-bond acceptors (Lipinski definition) is 6. The van der Waals surface area contributed by atoms with E-state index in [4.69, 9.17) is 14.6 Å². The zero-order valence-electron chi connectivity index (χ0n) is 16.5. The van der Waals surface area contributed by atoms with E-state index < -0.39 is 23.4 Å². The van der Waals surface area contributed by atoms with Gasteiger partial charge in [-0.05, 0) is 23.6 Å². The van der Waals surface area contributed by atoms with E-state index in [9.17, 15) is 9.59 Å². The van der Waals surface area contributed by atoms with E-state index >= 15 is 0 Å². The first-order valence-corrected chi connectivity index (χ1v) is 9.13. The van der Waals surface area contributed by atoms with Crippen molar-refractivity contribution in [2.45, 2.75) is 19.4 Å². The summed E-state index contributed by atoms with van der Waals surface area (Å²) in [5.41, 5.74) is 0.566. The van der Waals surface area contributed by atoms with Crippen molar-refractivity contribution in [1.29, 1.82) is 0 Å². The van der Waals surface area contributed by atoms with Gasteiger partial charge in [0.2, 0.25) is 0 Å². The number of benzene rings is 2. The fourth-order valence-corrected chi connectivity index (χ4v) is 3.84. The van der Waals surface area contributed by atoms with E-state index in [2.05, 4.69) is 0 Å². The molecule has 0 saturated carbocycles. The van der Waals surface area contributed by atoms with Crippen molar-refractivity contribution in [3.63, 3.8) is 0 Å². The molecule has 1 aliphatic heterocycles. The smallest absolute Gasteiger partial charge is 0.335 e. The molecule has 2 aromatic rings. The quantitative estimate of drug-likeness (QED) is 0.745. The van der Waals surface area contributed by atoms with Crippen molar-refractivity contribution >= 4 is 23.3 Å². The topological polar surface area (TPSA) is 68.2 Å². The van der Waals surface area contributed by atoms with Crippen LogP contribution in [0, 0.1) is 11.8 Å². The molecular weight excluding hydrogens is 356 g/mol. The van der Waals surface area contributed by atoms with Gasteiger partial charge in [0, 0.05) is 0 Å². The second kappa shape index (κ2) is 7.84. The van der Waals surface area contributed by atoms with Crippen LogP contribution >= 0.6 is 0 Å². The highest BCUT2D eigenvalue weighted by Crippen LogP contribution is 2.45. The van der Waals surface area contributed by atoms with E-state index in [0.29, 0.717) is 11.4 Å². The SMILES string of the molecule is COC(=O)[C@@H]1C(c2ccccc2)=NN(c2ccccc2)[C@@]1(C(=O)OC)C(C)C. The van der Waals surface area contributed by atoms with Crippen molar-refractivity contribution in [2.75, 3.05) is 19.2 Å². The average Bonchev–Trinajstić information content (AvgIpc) is 3.11. The summed E-state index contributed by atoms with van der Waals surface area (Å²) in [4.78, 5) is 26.2. The van der Waals surface area contributed by atoms with E-state index in [0.717, 1.165) is 5.56 Å². The highest BCUT2D eigenvalue weighted by atomic mass is 16.5. The first-order valence-electron chi connectivity index (χ1n) is 9.13. The Morgan fingerprint density at radius 2 is 1.54 bits per heavy atom. The summed E-state index contributed by atoms with van der Waals surface area (Å²) >= 11 is 0. The van der Waals surface area contributed by atoms with E-state index in [1.807, 2.05) is 74.5 Å². The lowest BCUT2D eigenvalue weighted by Gasteiger charge is -2.41. The molecule has 3 rings (SSSR count). The van der Waals surface area contributed by atoms with Crippen LogP contribution in [0.15, 0.2) is 65.8 Å². The van der Waals surface area contributed by atoms with E-state index in [1.54, 1.807) is 5.01 Å². The van der Waals surface area contributed by atoms with Gasteiger partial charge in [-0.3, -0.25) is 4.79 Å². The Labute approximate surface area is 164 Å². The molecule has 0 fully saturated rings. The van der Waals surface area contributed by atoms with Crippen molar-refractivity contribution in [3.8, 4) is 0 Å². The molecule has 0 amide bonds. The molecule has 6 nitrogen and oxygen atoms in total. The molecule has 0 unspecified atom stereocenters. The molecule has 1 heterocycles. The average molecular weight is 380 g/mol. The minimum Gasteiger partial charge on any atom is -0.468 e. The van der Waals surface area contributed by atoms with Crippen LogP contribution in [0.3, 0.4) is 0 Å². The van der Waals surface area contributed by atoms with Crippen LogP contribution in [-0.4, -0.2) is 37.4 Å². The molecule has 146 valence electrons. The summed E-state index contributed by atoms with van der Waals surface area (Å²) in [7, 11) is 2.64. The molecule has 1 aliphatic rings. The largest absolute Gasteiger partial charge is 0.468 e. The number of carbonyl (C=O) groups excluding carboxylic acids is 2. The Hall–Kier alpha value is -3.15. The molecule has 0 radical (unpaired) electrons. The Balaban J connectivity index is 2.32. The predicted octanol–water partition coefficient (Wildman–Crippen LogP) is 3.27. The van der Waals surface area contributed by atoms with Crippen LogP contribution in [0.2, 0.25) is 0 Å². The number of hydrogen-bond donors (Lipinski definition) is 0. The molecule has 0 N–H and O–H groups in total. The first kappa shape index (κ1) is 19.6. The highest BCUT2D eigenvalue weighted by molar-refractivity contribution is 6.19. The summed E-state index contributed by atoms with van der Waals surface area (Å²) in [6.45, 7) is 3.76. The van der Waals surface area contributed by atoms with Crippen LogP contribution in [0.5, 0.6) is 0 Å². The number of nitrogens with zero attached hydrogens (tertiary/aromatic N) is 2. The van der Waals surface area contributed by atoms with E-state index in [-0.39, 0.29) is 5.92 Å². The third-order valence-corrected chi connectivity index (χ3v) is 5.17. The summed E-state index contributed by atoms with van der Waals surface area (Å²) in [6.07, 6.45) is 0. The molecule has 28 heavy (non-hydrogen) atoms. The van der Waals surface area contributed by atoms with Crippen LogP contribution in [0.1, 0.15) is 19.4 Å². The molecule has 0 saturated heterocycles. The standard InChI is InChI=1S/C22H24N2O4/c1-15(2)22(21(26)28-4)18(20(25)27-3)19(16-11-7-5-8-12-16)23-24(22)17-13-9-6-10-14-17/h5-15,18H,1-4H3/t18-,22-/m0/s1. The summed E-state index contributed by atoms with van der Waals surface area (Å²) < 4.78 is 10.3. The second-order valence-corrected chi connectivity index (χ2v) is 6.93. The maximum atomic E-state index is 13.2. The summed E-state index contributed by atoms with van der Waals surface area (Å²) in [6, 6.07) is 18.7. The minimum atomic E-state index is -1.37. The second-order valence-electron chi connectivity index (χ2n) is 6.93. The molecule has 0 aromatic heterocycles. The molecular formula is C22H24N2O4. The van der Waals surface area contributed by atoms with Gasteiger partial charge in [0.25, 0.3) is 0 Å². The lowest BCUT2D eigenvalue weighted by Crippen LogP contribution is -2.62. The first-order chi connectivity index (χ1) is 13.5. The maximum absolute atomic E-state index is 13.2. The number of ether oxygens (including phenoxy) is 2. The Morgan fingerprint density at radius 1 is 0.964 bits per heavy atom. The van der Waals surface area contributed by atoms with Gasteiger partial charge >= 0.3 is 11.9 Å². The van der Waals surface area contributed by atoms with Crippen molar-refractivity contribution in [3.05, 3.63) is 66.2 Å². The highest BCUT2D eigenvalue weighted by Gasteiger charge is 2.63. The molecule has 2 aromatic carbocycles. The van der Waals surface area contributed by atoms with Gasteiger partial charge in [-0.2, -0.15) is 5.10 Å². The Kier molecular flexibility index (Phi) is 5.49. The number of anilines is 1. The van der Waals surface area contributed by atoms with Gasteiger partial charge in [0.15, 0.2) is 5.54 Å².